The van der Waals surface area contributed by atoms with Gasteiger partial charge in [-0.05, 0) is 20.8 Å². The second-order valence-corrected chi connectivity index (χ2v) is 7.05. The van der Waals surface area contributed by atoms with Crippen molar-refractivity contribution in [2.24, 2.45) is 5.41 Å². The summed E-state index contributed by atoms with van der Waals surface area (Å²) in [7, 11) is 0. The smallest absolute Gasteiger partial charge is 0.384 e. The molecule has 29 heavy (non-hydrogen) atoms. The maximum Gasteiger partial charge on any atom is 0.384 e. The van der Waals surface area contributed by atoms with E-state index in [1.54, 1.807) is 0 Å². The molecule has 1 rings (SSSR count). The summed E-state index contributed by atoms with van der Waals surface area (Å²) < 4.78 is 156. The monoisotopic (exact) mass is 454 g/mol. The molecule has 0 saturated heterocycles. The van der Waals surface area contributed by atoms with Gasteiger partial charge in [0.2, 0.25) is 0 Å². The third-order valence-corrected chi connectivity index (χ3v) is 3.89. The maximum absolute atomic E-state index is 14.3. The molecule has 1 fully saturated rings. The number of hydrogen-bond donors (Lipinski definition) is 0. The maximum atomic E-state index is 14.3. The largest absolute Gasteiger partial charge is 0.462 e. The van der Waals surface area contributed by atoms with Gasteiger partial charge in [0.25, 0.3) is 0 Å². The number of rotatable bonds is 4. The summed E-state index contributed by atoms with van der Waals surface area (Å²) in [6.45, 7) is 1.33. The van der Waals surface area contributed by atoms with Gasteiger partial charge in [-0.1, -0.05) is 0 Å². The minimum Gasteiger partial charge on any atom is -0.462 e. The van der Waals surface area contributed by atoms with Crippen molar-refractivity contribution in [2.75, 3.05) is 13.2 Å². The molecule has 0 amide bonds. The van der Waals surface area contributed by atoms with Gasteiger partial charge in [0.15, 0.2) is 0 Å². The Morgan fingerprint density at radius 1 is 0.621 bits per heavy atom. The van der Waals surface area contributed by atoms with Crippen molar-refractivity contribution in [3.05, 3.63) is 0 Å². The fraction of sp³-hybridized carbons (Fsp3) is 0.857. The van der Waals surface area contributed by atoms with E-state index in [0.717, 1.165) is 0 Å². The fourth-order valence-electron chi connectivity index (χ4n) is 2.06. The minimum atomic E-state index is -7.43. The van der Waals surface area contributed by atoms with Gasteiger partial charge in [0.1, 0.15) is 13.2 Å². The molecule has 1 saturated carbocycles. The fourth-order valence-corrected chi connectivity index (χ4v) is 2.06. The molecule has 0 spiro atoms. The average Bonchev–Trinajstić information content (AvgIpc) is 2.54. The molecule has 0 aromatic heterocycles. The summed E-state index contributed by atoms with van der Waals surface area (Å²) in [6, 6.07) is 0. The van der Waals surface area contributed by atoms with Crippen LogP contribution in [-0.2, 0) is 19.1 Å². The summed E-state index contributed by atoms with van der Waals surface area (Å²) in [5.74, 6) is -41.6. The van der Waals surface area contributed by atoms with E-state index in [1.165, 1.54) is 20.8 Å². The Bertz CT molecular complexity index is 652. The zero-order valence-corrected chi connectivity index (χ0v) is 14.7. The van der Waals surface area contributed by atoms with Gasteiger partial charge in [-0.25, -0.2) is 9.18 Å². The number of carbonyl (C=O) groups is 2. The summed E-state index contributed by atoms with van der Waals surface area (Å²) in [5.41, 5.74) is -8.03. The van der Waals surface area contributed by atoms with Crippen LogP contribution >= 0.6 is 0 Å². The number of esters is 2. The van der Waals surface area contributed by atoms with E-state index in [-0.39, 0.29) is 0 Å². The Balaban J connectivity index is 3.23. The average molecular weight is 454 g/mol. The van der Waals surface area contributed by atoms with Crippen LogP contribution in [0.2, 0.25) is 0 Å². The van der Waals surface area contributed by atoms with Crippen molar-refractivity contribution < 1.29 is 67.4 Å². The van der Waals surface area contributed by atoms with Crippen LogP contribution < -0.4 is 0 Å². The third-order valence-electron chi connectivity index (χ3n) is 3.89. The summed E-state index contributed by atoms with van der Waals surface area (Å²) >= 11 is 0. The van der Waals surface area contributed by atoms with Crippen LogP contribution in [0.3, 0.4) is 0 Å². The molecule has 170 valence electrons. The molecule has 0 aromatic rings. The summed E-state index contributed by atoms with van der Waals surface area (Å²) in [4.78, 5) is 22.7. The van der Waals surface area contributed by atoms with Gasteiger partial charge < -0.3 is 9.47 Å². The number of halogens is 11. The Hall–Kier alpha value is -1.83. The lowest BCUT2D eigenvalue weighted by Crippen LogP contribution is -2.85. The molecule has 0 aliphatic heterocycles. The van der Waals surface area contributed by atoms with Gasteiger partial charge >= 0.3 is 47.2 Å². The molecule has 0 bridgehead atoms. The van der Waals surface area contributed by atoms with Gasteiger partial charge in [0, 0.05) is 0 Å². The van der Waals surface area contributed by atoms with Crippen molar-refractivity contribution in [1.82, 2.24) is 0 Å². The van der Waals surface area contributed by atoms with Crippen molar-refractivity contribution in [3.8, 4) is 0 Å². The number of hydrogen-bond acceptors (Lipinski definition) is 4. The Morgan fingerprint density at radius 2 is 0.931 bits per heavy atom. The van der Waals surface area contributed by atoms with Gasteiger partial charge in [0.05, 0.1) is 5.41 Å². The molecule has 0 aromatic carbocycles. The predicted molar refractivity (Wildman–Crippen MR) is 69.9 cm³/mol. The van der Waals surface area contributed by atoms with Gasteiger partial charge in [-0.2, -0.15) is 43.9 Å². The molecule has 0 N–H and O–H groups in total. The highest BCUT2D eigenvalue weighted by Gasteiger charge is 3.03. The SMILES string of the molecule is CC(C)(C)C(=O)OCCOC(=O)C1(F)C(F)(F)C(F)(F)C(F)(F)C(F)(F)C1(F)F. The van der Waals surface area contributed by atoms with Crippen LogP contribution in [0, 0.1) is 5.41 Å². The Kier molecular flexibility index (Phi) is 5.73. The van der Waals surface area contributed by atoms with Crippen molar-refractivity contribution in [3.63, 3.8) is 0 Å². The normalized spacial score (nSPS) is 25.7. The lowest BCUT2D eigenvalue weighted by atomic mass is 9.72. The molecule has 1 aliphatic rings. The number of ether oxygens (including phenoxy) is 2. The Labute approximate surface area is 155 Å². The van der Waals surface area contributed by atoms with Gasteiger partial charge in [-0.3, -0.25) is 4.79 Å². The van der Waals surface area contributed by atoms with E-state index in [9.17, 15) is 57.9 Å². The first-order chi connectivity index (χ1) is 12.5. The minimum absolute atomic E-state index is 1.02. The third kappa shape index (κ3) is 3.02. The Morgan fingerprint density at radius 3 is 1.28 bits per heavy atom. The number of alkyl halides is 11. The highest BCUT2D eigenvalue weighted by molar-refractivity contribution is 5.84. The molecule has 0 radical (unpaired) electrons. The highest BCUT2D eigenvalue weighted by Crippen LogP contribution is 2.69. The first-order valence-corrected chi connectivity index (χ1v) is 7.47. The second-order valence-electron chi connectivity index (χ2n) is 7.05. The predicted octanol–water partition coefficient (Wildman–Crippen LogP) is 4.02. The highest BCUT2D eigenvalue weighted by atomic mass is 19.4. The molecule has 0 heterocycles. The van der Waals surface area contributed by atoms with Crippen LogP contribution in [0.4, 0.5) is 48.3 Å². The van der Waals surface area contributed by atoms with Crippen LogP contribution in [0.5, 0.6) is 0 Å². The molecular weight excluding hydrogens is 441 g/mol. The number of carbonyl (C=O) groups excluding carboxylic acids is 2. The van der Waals surface area contributed by atoms with E-state index in [0.29, 0.717) is 0 Å². The summed E-state index contributed by atoms with van der Waals surface area (Å²) in [6.07, 6.45) is 0. The van der Waals surface area contributed by atoms with Crippen LogP contribution in [0.1, 0.15) is 20.8 Å². The van der Waals surface area contributed by atoms with E-state index >= 15 is 0 Å². The lowest BCUT2D eigenvalue weighted by molar-refractivity contribution is -0.478. The molecule has 0 unspecified atom stereocenters. The quantitative estimate of drug-likeness (QED) is 0.366. The standard InChI is InChI=1S/C14H13F11O4/c1-8(2,3)6(26)28-4-5-29-7(27)9(15)10(16,17)12(20,21)14(24,25)13(22,23)11(9,18)19/h4-5H2,1-3H3. The molecule has 4 nitrogen and oxygen atoms in total. The molecular formula is C14H13F11O4. The first kappa shape index (κ1) is 25.2. The van der Waals surface area contributed by atoms with E-state index in [1.807, 2.05) is 0 Å². The lowest BCUT2D eigenvalue weighted by Gasteiger charge is -2.50. The second kappa shape index (κ2) is 6.59. The molecule has 1 aliphatic carbocycles. The molecule has 15 heteroatoms. The summed E-state index contributed by atoms with van der Waals surface area (Å²) in [5, 5.41) is 0. The van der Waals surface area contributed by atoms with E-state index in [2.05, 4.69) is 9.47 Å². The van der Waals surface area contributed by atoms with Crippen LogP contribution in [0.15, 0.2) is 0 Å². The molecule has 0 atom stereocenters. The van der Waals surface area contributed by atoms with Crippen LogP contribution in [0.25, 0.3) is 0 Å². The van der Waals surface area contributed by atoms with E-state index < -0.39 is 65.8 Å². The zero-order chi connectivity index (χ0) is 23.5. The van der Waals surface area contributed by atoms with E-state index in [4.69, 9.17) is 0 Å². The first-order valence-electron chi connectivity index (χ1n) is 7.47. The zero-order valence-electron chi connectivity index (χ0n) is 14.7. The van der Waals surface area contributed by atoms with Gasteiger partial charge in [-0.15, -0.1) is 0 Å². The van der Waals surface area contributed by atoms with Crippen molar-refractivity contribution in [2.45, 2.75) is 56.1 Å². The van der Waals surface area contributed by atoms with Crippen molar-refractivity contribution >= 4 is 11.9 Å². The van der Waals surface area contributed by atoms with Crippen LogP contribution in [-0.4, -0.2) is 60.4 Å². The van der Waals surface area contributed by atoms with Crippen molar-refractivity contribution in [1.29, 1.82) is 0 Å². The topological polar surface area (TPSA) is 52.6 Å².